The van der Waals surface area contributed by atoms with Crippen LogP contribution in [-0.4, -0.2) is 5.91 Å². The van der Waals surface area contributed by atoms with Crippen LogP contribution in [0.15, 0.2) is 36.4 Å². The van der Waals surface area contributed by atoms with Crippen LogP contribution in [0.5, 0.6) is 0 Å². The molecule has 2 aromatic carbocycles. The standard InChI is InChI=1S/C16H15ClFNO/c1-10-3-4-11(2)12(7-10)8-16(20)19-13-5-6-15(18)14(17)9-13/h3-7,9H,8H2,1-2H3,(H,19,20). The monoisotopic (exact) mass is 291 g/mol. The lowest BCUT2D eigenvalue weighted by Gasteiger charge is -2.09. The summed E-state index contributed by atoms with van der Waals surface area (Å²) < 4.78 is 13.0. The van der Waals surface area contributed by atoms with Crippen molar-refractivity contribution in [3.8, 4) is 0 Å². The second-order valence-electron chi connectivity index (χ2n) is 4.78. The van der Waals surface area contributed by atoms with Gasteiger partial charge in [0.15, 0.2) is 0 Å². The molecule has 0 aliphatic rings. The molecule has 0 bridgehead atoms. The van der Waals surface area contributed by atoms with Crippen LogP contribution in [0.3, 0.4) is 0 Å². The molecule has 0 radical (unpaired) electrons. The van der Waals surface area contributed by atoms with Crippen molar-refractivity contribution in [2.45, 2.75) is 20.3 Å². The minimum atomic E-state index is -0.501. The van der Waals surface area contributed by atoms with Gasteiger partial charge in [-0.15, -0.1) is 0 Å². The van der Waals surface area contributed by atoms with Crippen LogP contribution in [0.25, 0.3) is 0 Å². The Morgan fingerprint density at radius 2 is 1.95 bits per heavy atom. The molecule has 104 valence electrons. The molecule has 0 atom stereocenters. The molecule has 0 unspecified atom stereocenters. The van der Waals surface area contributed by atoms with Crippen LogP contribution >= 0.6 is 11.6 Å². The van der Waals surface area contributed by atoms with E-state index in [1.807, 2.05) is 32.0 Å². The van der Waals surface area contributed by atoms with Crippen molar-refractivity contribution in [3.63, 3.8) is 0 Å². The molecule has 1 N–H and O–H groups in total. The first-order valence-corrected chi connectivity index (χ1v) is 6.64. The summed E-state index contributed by atoms with van der Waals surface area (Å²) in [5.41, 5.74) is 3.66. The van der Waals surface area contributed by atoms with E-state index < -0.39 is 5.82 Å². The summed E-state index contributed by atoms with van der Waals surface area (Å²) in [6.45, 7) is 3.96. The number of nitrogens with one attached hydrogen (secondary N) is 1. The van der Waals surface area contributed by atoms with E-state index in [4.69, 9.17) is 11.6 Å². The molecule has 0 aromatic heterocycles. The third kappa shape index (κ3) is 3.58. The molecule has 0 fully saturated rings. The van der Waals surface area contributed by atoms with Gasteiger partial charge in [0.1, 0.15) is 5.82 Å². The van der Waals surface area contributed by atoms with E-state index in [-0.39, 0.29) is 17.4 Å². The molecule has 2 nitrogen and oxygen atoms in total. The molecule has 0 saturated carbocycles. The summed E-state index contributed by atoms with van der Waals surface area (Å²) in [6.07, 6.45) is 0.280. The number of hydrogen-bond donors (Lipinski definition) is 1. The van der Waals surface area contributed by atoms with Gasteiger partial charge in [0.05, 0.1) is 11.4 Å². The molecular formula is C16H15ClFNO. The van der Waals surface area contributed by atoms with Gasteiger partial charge in [-0.3, -0.25) is 4.79 Å². The van der Waals surface area contributed by atoms with Gasteiger partial charge in [-0.25, -0.2) is 4.39 Å². The number of halogens is 2. The normalized spacial score (nSPS) is 10.4. The van der Waals surface area contributed by atoms with Crippen LogP contribution in [0.1, 0.15) is 16.7 Å². The highest BCUT2D eigenvalue weighted by Gasteiger charge is 2.08. The van der Waals surface area contributed by atoms with Crippen LogP contribution in [0, 0.1) is 19.7 Å². The van der Waals surface area contributed by atoms with Gasteiger partial charge in [-0.1, -0.05) is 35.4 Å². The van der Waals surface area contributed by atoms with Crippen molar-refractivity contribution in [1.82, 2.24) is 0 Å². The predicted molar refractivity (Wildman–Crippen MR) is 79.7 cm³/mol. The zero-order valence-corrected chi connectivity index (χ0v) is 12.1. The van der Waals surface area contributed by atoms with Gasteiger partial charge >= 0.3 is 0 Å². The van der Waals surface area contributed by atoms with E-state index in [1.54, 1.807) is 0 Å². The number of aryl methyl sites for hydroxylation is 2. The molecule has 0 aliphatic carbocycles. The quantitative estimate of drug-likeness (QED) is 0.898. The number of benzene rings is 2. The van der Waals surface area contributed by atoms with Crippen LogP contribution < -0.4 is 5.32 Å². The molecule has 20 heavy (non-hydrogen) atoms. The van der Waals surface area contributed by atoms with Crippen molar-refractivity contribution in [2.75, 3.05) is 5.32 Å². The molecular weight excluding hydrogens is 277 g/mol. The summed E-state index contributed by atoms with van der Waals surface area (Å²) in [5, 5.41) is 2.71. The number of carbonyl (C=O) groups is 1. The zero-order valence-electron chi connectivity index (χ0n) is 11.3. The van der Waals surface area contributed by atoms with Gasteiger partial charge < -0.3 is 5.32 Å². The Morgan fingerprint density at radius 1 is 1.20 bits per heavy atom. The Kier molecular flexibility index (Phi) is 4.40. The van der Waals surface area contributed by atoms with E-state index in [2.05, 4.69) is 5.32 Å². The SMILES string of the molecule is Cc1ccc(C)c(CC(=O)Nc2ccc(F)c(Cl)c2)c1. The van der Waals surface area contributed by atoms with Gasteiger partial charge in [-0.2, -0.15) is 0 Å². The topological polar surface area (TPSA) is 29.1 Å². The number of anilines is 1. The van der Waals surface area contributed by atoms with Crippen molar-refractivity contribution in [2.24, 2.45) is 0 Å². The largest absolute Gasteiger partial charge is 0.326 e. The summed E-state index contributed by atoms with van der Waals surface area (Å²) in [7, 11) is 0. The van der Waals surface area contributed by atoms with E-state index in [9.17, 15) is 9.18 Å². The van der Waals surface area contributed by atoms with Gasteiger partial charge in [0.2, 0.25) is 5.91 Å². The Bertz CT molecular complexity index is 655. The fourth-order valence-corrected chi connectivity index (χ4v) is 2.12. The lowest BCUT2D eigenvalue weighted by molar-refractivity contribution is -0.115. The summed E-state index contributed by atoms with van der Waals surface area (Å²) in [4.78, 5) is 12.0. The first-order chi connectivity index (χ1) is 9.45. The van der Waals surface area contributed by atoms with Crippen molar-refractivity contribution >= 4 is 23.2 Å². The third-order valence-electron chi connectivity index (χ3n) is 3.06. The first-order valence-electron chi connectivity index (χ1n) is 6.27. The molecule has 0 aliphatic heterocycles. The minimum absolute atomic E-state index is 0.00506. The molecule has 4 heteroatoms. The van der Waals surface area contributed by atoms with Crippen LogP contribution in [-0.2, 0) is 11.2 Å². The number of carbonyl (C=O) groups excluding carboxylic acids is 1. The highest BCUT2D eigenvalue weighted by Crippen LogP contribution is 2.20. The van der Waals surface area contributed by atoms with E-state index in [0.717, 1.165) is 16.7 Å². The number of amides is 1. The summed E-state index contributed by atoms with van der Waals surface area (Å²) in [6, 6.07) is 10.1. The average Bonchev–Trinajstić information content (AvgIpc) is 2.38. The smallest absolute Gasteiger partial charge is 0.228 e. The molecule has 2 aromatic rings. The highest BCUT2D eigenvalue weighted by atomic mass is 35.5. The van der Waals surface area contributed by atoms with Crippen LogP contribution in [0.2, 0.25) is 5.02 Å². The third-order valence-corrected chi connectivity index (χ3v) is 3.35. The van der Waals surface area contributed by atoms with Gasteiger partial charge in [-0.05, 0) is 43.2 Å². The molecule has 0 spiro atoms. The van der Waals surface area contributed by atoms with Crippen LogP contribution in [0.4, 0.5) is 10.1 Å². The average molecular weight is 292 g/mol. The van der Waals surface area contributed by atoms with Gasteiger partial charge in [0.25, 0.3) is 0 Å². The maximum Gasteiger partial charge on any atom is 0.228 e. The molecule has 0 heterocycles. The Hall–Kier alpha value is -1.87. The zero-order chi connectivity index (χ0) is 14.7. The maximum absolute atomic E-state index is 13.0. The lowest BCUT2D eigenvalue weighted by atomic mass is 10.0. The van der Waals surface area contributed by atoms with Crippen molar-refractivity contribution in [1.29, 1.82) is 0 Å². The number of rotatable bonds is 3. The lowest BCUT2D eigenvalue weighted by Crippen LogP contribution is -2.15. The Morgan fingerprint density at radius 3 is 2.65 bits per heavy atom. The van der Waals surface area contributed by atoms with Gasteiger partial charge in [0, 0.05) is 5.69 Å². The Labute approximate surface area is 122 Å². The predicted octanol–water partition coefficient (Wildman–Crippen LogP) is 4.28. The molecule has 0 saturated heterocycles. The Balaban J connectivity index is 2.09. The molecule has 2 rings (SSSR count). The number of hydrogen-bond acceptors (Lipinski definition) is 1. The van der Waals surface area contributed by atoms with Crippen molar-refractivity contribution < 1.29 is 9.18 Å². The summed E-state index contributed by atoms with van der Waals surface area (Å²) >= 11 is 5.68. The van der Waals surface area contributed by atoms with E-state index in [0.29, 0.717) is 5.69 Å². The van der Waals surface area contributed by atoms with Crippen molar-refractivity contribution in [3.05, 3.63) is 63.9 Å². The summed E-state index contributed by atoms with van der Waals surface area (Å²) in [5.74, 6) is -0.652. The first kappa shape index (κ1) is 14.5. The molecule has 1 amide bonds. The fraction of sp³-hybridized carbons (Fsp3) is 0.188. The van der Waals surface area contributed by atoms with E-state index in [1.165, 1.54) is 18.2 Å². The fourth-order valence-electron chi connectivity index (χ4n) is 1.94. The second-order valence-corrected chi connectivity index (χ2v) is 5.19. The minimum Gasteiger partial charge on any atom is -0.326 e. The highest BCUT2D eigenvalue weighted by molar-refractivity contribution is 6.31. The van der Waals surface area contributed by atoms with E-state index >= 15 is 0 Å². The maximum atomic E-state index is 13.0. The second kappa shape index (κ2) is 6.06.